The van der Waals surface area contributed by atoms with Gasteiger partial charge in [0.15, 0.2) is 5.92 Å². The summed E-state index contributed by atoms with van der Waals surface area (Å²) in [5, 5.41) is 0. The van der Waals surface area contributed by atoms with Crippen molar-refractivity contribution in [1.29, 1.82) is 0 Å². The third kappa shape index (κ3) is 7.13. The van der Waals surface area contributed by atoms with Crippen LogP contribution >= 0.6 is 0 Å². The monoisotopic (exact) mass is 318 g/mol. The van der Waals surface area contributed by atoms with E-state index in [0.29, 0.717) is 12.8 Å². The molecule has 0 spiro atoms. The fourth-order valence-corrected chi connectivity index (χ4v) is 2.35. The summed E-state index contributed by atoms with van der Waals surface area (Å²) in [5.74, 6) is -1.83. The first kappa shape index (κ1) is 18.9. The van der Waals surface area contributed by atoms with Crippen molar-refractivity contribution in [2.45, 2.75) is 39.5 Å². The van der Waals surface area contributed by atoms with Crippen molar-refractivity contribution in [3.8, 4) is 0 Å². The highest BCUT2D eigenvalue weighted by Gasteiger charge is 2.28. The molecule has 0 unspecified atom stereocenters. The first-order chi connectivity index (χ1) is 11.1. The number of hydrogen-bond donors (Lipinski definition) is 0. The topological polar surface area (TPSA) is 52.6 Å². The molecule has 0 aliphatic heterocycles. The standard InChI is InChI=1S/C19H26O4/c1-4-22-18(20)17(19(21)23-5-2)13-9-10-15(3)14-16-11-7-6-8-12-16/h6-8,11-12,17H,3-5,9-10,13-14H2,1-2H3. The van der Waals surface area contributed by atoms with E-state index in [1.165, 1.54) is 5.56 Å². The van der Waals surface area contributed by atoms with Crippen molar-refractivity contribution in [2.75, 3.05) is 13.2 Å². The van der Waals surface area contributed by atoms with E-state index in [2.05, 4.69) is 18.7 Å². The second-order valence-electron chi connectivity index (χ2n) is 5.36. The average Bonchev–Trinajstić information content (AvgIpc) is 2.52. The quantitative estimate of drug-likeness (QED) is 0.375. The van der Waals surface area contributed by atoms with Crippen LogP contribution in [0.5, 0.6) is 0 Å². The Balaban J connectivity index is 2.46. The average molecular weight is 318 g/mol. The first-order valence-corrected chi connectivity index (χ1v) is 8.12. The zero-order chi connectivity index (χ0) is 17.1. The second kappa shape index (κ2) is 10.6. The number of ether oxygens (including phenoxy) is 2. The van der Waals surface area contributed by atoms with Gasteiger partial charge in [-0.05, 0) is 45.1 Å². The molecule has 0 aliphatic rings. The molecule has 0 saturated heterocycles. The Kier molecular flexibility index (Phi) is 8.73. The minimum atomic E-state index is -0.834. The van der Waals surface area contributed by atoms with Gasteiger partial charge in [-0.15, -0.1) is 0 Å². The van der Waals surface area contributed by atoms with Crippen LogP contribution in [0, 0.1) is 5.92 Å². The molecule has 0 fully saturated rings. The number of rotatable bonds is 10. The Morgan fingerprint density at radius 3 is 2.13 bits per heavy atom. The molecular weight excluding hydrogens is 292 g/mol. The third-order valence-electron chi connectivity index (χ3n) is 3.46. The lowest BCUT2D eigenvalue weighted by Gasteiger charge is -2.14. The summed E-state index contributed by atoms with van der Waals surface area (Å²) in [6.07, 6.45) is 2.70. The van der Waals surface area contributed by atoms with E-state index in [1.807, 2.05) is 18.2 Å². The van der Waals surface area contributed by atoms with Crippen molar-refractivity contribution in [2.24, 2.45) is 5.92 Å². The third-order valence-corrected chi connectivity index (χ3v) is 3.46. The van der Waals surface area contributed by atoms with Crippen molar-refractivity contribution >= 4 is 11.9 Å². The maximum Gasteiger partial charge on any atom is 0.320 e. The van der Waals surface area contributed by atoms with Gasteiger partial charge in [0.1, 0.15) is 0 Å². The van der Waals surface area contributed by atoms with Crippen LogP contribution in [-0.2, 0) is 25.5 Å². The molecule has 0 aliphatic carbocycles. The van der Waals surface area contributed by atoms with Gasteiger partial charge < -0.3 is 9.47 Å². The molecule has 0 heterocycles. The number of esters is 2. The van der Waals surface area contributed by atoms with Crippen LogP contribution in [0.25, 0.3) is 0 Å². The van der Waals surface area contributed by atoms with Gasteiger partial charge in [-0.1, -0.05) is 42.5 Å². The van der Waals surface area contributed by atoms with Crippen LogP contribution in [0.1, 0.15) is 38.7 Å². The molecule has 126 valence electrons. The normalized spacial score (nSPS) is 10.4. The van der Waals surface area contributed by atoms with E-state index >= 15 is 0 Å². The molecule has 0 radical (unpaired) electrons. The first-order valence-electron chi connectivity index (χ1n) is 8.12. The van der Waals surface area contributed by atoms with Crippen LogP contribution in [0.4, 0.5) is 0 Å². The van der Waals surface area contributed by atoms with Gasteiger partial charge in [-0.3, -0.25) is 9.59 Å². The number of carbonyl (C=O) groups excluding carboxylic acids is 2. The predicted octanol–water partition coefficient (Wildman–Crippen LogP) is 3.70. The second-order valence-corrected chi connectivity index (χ2v) is 5.36. The zero-order valence-corrected chi connectivity index (χ0v) is 14.0. The van der Waals surface area contributed by atoms with E-state index < -0.39 is 17.9 Å². The molecule has 1 rings (SSSR count). The Labute approximate surface area is 138 Å². The molecule has 0 atom stereocenters. The smallest absolute Gasteiger partial charge is 0.320 e. The molecule has 0 N–H and O–H groups in total. The van der Waals surface area contributed by atoms with Crippen LogP contribution < -0.4 is 0 Å². The molecule has 1 aromatic carbocycles. The highest BCUT2D eigenvalue weighted by atomic mass is 16.6. The molecule has 4 nitrogen and oxygen atoms in total. The summed E-state index contributed by atoms with van der Waals surface area (Å²) >= 11 is 0. The van der Waals surface area contributed by atoms with Gasteiger partial charge in [0.05, 0.1) is 13.2 Å². The minimum Gasteiger partial charge on any atom is -0.465 e. The Morgan fingerprint density at radius 1 is 1.04 bits per heavy atom. The number of allylic oxidation sites excluding steroid dienone is 1. The SMILES string of the molecule is C=C(CCCC(C(=O)OCC)C(=O)OCC)Cc1ccccc1. The number of carbonyl (C=O) groups is 2. The van der Waals surface area contributed by atoms with Crippen molar-refractivity contribution in [3.05, 3.63) is 48.0 Å². The van der Waals surface area contributed by atoms with Crippen LogP contribution in [0.2, 0.25) is 0 Å². The van der Waals surface area contributed by atoms with Gasteiger partial charge in [-0.25, -0.2) is 0 Å². The number of benzene rings is 1. The highest BCUT2D eigenvalue weighted by Crippen LogP contribution is 2.18. The van der Waals surface area contributed by atoms with Gasteiger partial charge in [-0.2, -0.15) is 0 Å². The summed E-state index contributed by atoms with van der Waals surface area (Å²) in [6, 6.07) is 10.1. The predicted molar refractivity (Wildman–Crippen MR) is 89.9 cm³/mol. The van der Waals surface area contributed by atoms with Crippen molar-refractivity contribution in [3.63, 3.8) is 0 Å². The lowest BCUT2D eigenvalue weighted by atomic mass is 9.97. The lowest BCUT2D eigenvalue weighted by molar-refractivity contribution is -0.161. The maximum atomic E-state index is 11.9. The fourth-order valence-electron chi connectivity index (χ4n) is 2.35. The lowest BCUT2D eigenvalue weighted by Crippen LogP contribution is -2.28. The van der Waals surface area contributed by atoms with E-state index in [1.54, 1.807) is 13.8 Å². The number of hydrogen-bond acceptors (Lipinski definition) is 4. The van der Waals surface area contributed by atoms with Gasteiger partial charge in [0, 0.05) is 0 Å². The summed E-state index contributed by atoms with van der Waals surface area (Å²) in [4.78, 5) is 23.8. The van der Waals surface area contributed by atoms with Crippen LogP contribution in [0.3, 0.4) is 0 Å². The fraction of sp³-hybridized carbons (Fsp3) is 0.474. The molecule has 0 bridgehead atoms. The van der Waals surface area contributed by atoms with Crippen LogP contribution in [0.15, 0.2) is 42.5 Å². The maximum absolute atomic E-state index is 11.9. The van der Waals surface area contributed by atoms with Crippen molar-refractivity contribution in [1.82, 2.24) is 0 Å². The minimum absolute atomic E-state index is 0.259. The molecule has 0 saturated carbocycles. The highest BCUT2D eigenvalue weighted by molar-refractivity contribution is 5.94. The molecule has 23 heavy (non-hydrogen) atoms. The Bertz CT molecular complexity index is 489. The largest absolute Gasteiger partial charge is 0.465 e. The van der Waals surface area contributed by atoms with E-state index in [0.717, 1.165) is 18.4 Å². The molecule has 0 amide bonds. The Morgan fingerprint density at radius 2 is 1.61 bits per heavy atom. The molecular formula is C19H26O4. The molecule has 4 heteroatoms. The molecule has 1 aromatic rings. The Hall–Kier alpha value is -2.10. The van der Waals surface area contributed by atoms with Crippen molar-refractivity contribution < 1.29 is 19.1 Å². The van der Waals surface area contributed by atoms with Gasteiger partial charge in [0.25, 0.3) is 0 Å². The van der Waals surface area contributed by atoms with Gasteiger partial charge >= 0.3 is 11.9 Å². The summed E-state index contributed by atoms with van der Waals surface area (Å²) in [7, 11) is 0. The molecule has 0 aromatic heterocycles. The summed E-state index contributed by atoms with van der Waals surface area (Å²) in [6.45, 7) is 8.04. The van der Waals surface area contributed by atoms with Crippen LogP contribution in [-0.4, -0.2) is 25.2 Å². The van der Waals surface area contributed by atoms with E-state index in [4.69, 9.17) is 9.47 Å². The summed E-state index contributed by atoms with van der Waals surface area (Å²) < 4.78 is 9.92. The zero-order valence-electron chi connectivity index (χ0n) is 14.0. The van der Waals surface area contributed by atoms with E-state index in [-0.39, 0.29) is 13.2 Å². The summed E-state index contributed by atoms with van der Waals surface area (Å²) in [5.41, 5.74) is 2.30. The van der Waals surface area contributed by atoms with Gasteiger partial charge in [0.2, 0.25) is 0 Å². The van der Waals surface area contributed by atoms with E-state index in [9.17, 15) is 9.59 Å².